The fraction of sp³-hybridized carbons (Fsp3) is 0.909. The number of piperidine rings is 1. The van der Waals surface area contributed by atoms with Crippen LogP contribution in [-0.2, 0) is 4.79 Å². The fourth-order valence-corrected chi connectivity index (χ4v) is 2.54. The minimum Gasteiger partial charge on any atom is -0.338 e. The van der Waals surface area contributed by atoms with Crippen molar-refractivity contribution in [1.29, 1.82) is 0 Å². The molecule has 1 aliphatic carbocycles. The van der Waals surface area contributed by atoms with Gasteiger partial charge in [-0.25, -0.2) is 0 Å². The topological polar surface area (TPSA) is 46.3 Å². The zero-order valence-electron chi connectivity index (χ0n) is 8.91. The molecule has 1 saturated carbocycles. The van der Waals surface area contributed by atoms with Crippen molar-refractivity contribution in [2.75, 3.05) is 6.54 Å². The average Bonchev–Trinajstić information content (AvgIpc) is 3.00. The van der Waals surface area contributed by atoms with Crippen LogP contribution in [0.3, 0.4) is 0 Å². The molecule has 1 aliphatic heterocycles. The predicted molar refractivity (Wildman–Crippen MR) is 55.7 cm³/mol. The van der Waals surface area contributed by atoms with Crippen LogP contribution < -0.4 is 5.73 Å². The third-order valence-corrected chi connectivity index (χ3v) is 3.56. The highest BCUT2D eigenvalue weighted by atomic mass is 16.2. The van der Waals surface area contributed by atoms with Gasteiger partial charge in [0, 0.05) is 25.6 Å². The van der Waals surface area contributed by atoms with E-state index in [1.807, 2.05) is 4.90 Å². The number of hydrogen-bond donors (Lipinski definition) is 1. The van der Waals surface area contributed by atoms with E-state index in [-0.39, 0.29) is 11.9 Å². The molecule has 2 aliphatic rings. The van der Waals surface area contributed by atoms with Gasteiger partial charge in [-0.1, -0.05) is 0 Å². The Balaban J connectivity index is 2.01. The minimum absolute atomic E-state index is 0.200. The molecule has 0 aromatic rings. The summed E-state index contributed by atoms with van der Waals surface area (Å²) in [5, 5.41) is 0. The van der Waals surface area contributed by atoms with Gasteiger partial charge in [-0.3, -0.25) is 4.79 Å². The summed E-state index contributed by atoms with van der Waals surface area (Å²) >= 11 is 0. The second-order valence-corrected chi connectivity index (χ2v) is 4.69. The van der Waals surface area contributed by atoms with Crippen molar-refractivity contribution in [1.82, 2.24) is 4.90 Å². The van der Waals surface area contributed by atoms with E-state index >= 15 is 0 Å². The number of likely N-dealkylation sites (tertiary alicyclic amines) is 1. The number of carbonyl (C=O) groups excluding carboxylic acids is 1. The summed E-state index contributed by atoms with van der Waals surface area (Å²) in [4.78, 5) is 13.4. The Morgan fingerprint density at radius 3 is 2.64 bits per heavy atom. The third kappa shape index (κ3) is 1.92. The van der Waals surface area contributed by atoms with Crippen LogP contribution in [0.2, 0.25) is 0 Å². The maximum atomic E-state index is 11.4. The summed E-state index contributed by atoms with van der Waals surface area (Å²) in [5.41, 5.74) is 6.19. The fourth-order valence-electron chi connectivity index (χ4n) is 2.54. The van der Waals surface area contributed by atoms with Crippen molar-refractivity contribution in [2.24, 2.45) is 11.7 Å². The predicted octanol–water partition coefficient (Wildman–Crippen LogP) is 1.12. The van der Waals surface area contributed by atoms with Gasteiger partial charge in [-0.15, -0.1) is 0 Å². The highest BCUT2D eigenvalue weighted by Crippen LogP contribution is 2.36. The molecule has 3 heteroatoms. The van der Waals surface area contributed by atoms with Crippen LogP contribution in [0.25, 0.3) is 0 Å². The summed E-state index contributed by atoms with van der Waals surface area (Å²) in [7, 11) is 0. The van der Waals surface area contributed by atoms with Gasteiger partial charge >= 0.3 is 0 Å². The van der Waals surface area contributed by atoms with Crippen LogP contribution in [-0.4, -0.2) is 29.4 Å². The zero-order valence-corrected chi connectivity index (χ0v) is 8.91. The van der Waals surface area contributed by atoms with Crippen LogP contribution in [0, 0.1) is 5.92 Å². The molecule has 1 amide bonds. The Hall–Kier alpha value is -0.570. The van der Waals surface area contributed by atoms with Gasteiger partial charge in [0.25, 0.3) is 0 Å². The maximum absolute atomic E-state index is 11.4. The molecule has 1 heterocycles. The van der Waals surface area contributed by atoms with Crippen molar-refractivity contribution < 1.29 is 4.79 Å². The molecule has 0 aromatic heterocycles. The van der Waals surface area contributed by atoms with E-state index in [4.69, 9.17) is 5.73 Å². The van der Waals surface area contributed by atoms with Crippen molar-refractivity contribution in [2.45, 2.75) is 51.1 Å². The summed E-state index contributed by atoms with van der Waals surface area (Å²) in [6.45, 7) is 2.58. The summed E-state index contributed by atoms with van der Waals surface area (Å²) in [6.07, 6.45) is 6.02. The average molecular weight is 196 g/mol. The van der Waals surface area contributed by atoms with Crippen molar-refractivity contribution in [3.8, 4) is 0 Å². The number of carbonyl (C=O) groups is 1. The molecule has 14 heavy (non-hydrogen) atoms. The first-order valence-corrected chi connectivity index (χ1v) is 5.73. The molecule has 1 saturated heterocycles. The summed E-state index contributed by atoms with van der Waals surface area (Å²) < 4.78 is 0. The monoisotopic (exact) mass is 196 g/mol. The lowest BCUT2D eigenvalue weighted by atomic mass is 9.93. The van der Waals surface area contributed by atoms with E-state index in [2.05, 4.69) is 0 Å². The van der Waals surface area contributed by atoms with Gasteiger partial charge in [-0.05, 0) is 38.0 Å². The Kier molecular flexibility index (Phi) is 2.77. The van der Waals surface area contributed by atoms with E-state index in [1.165, 1.54) is 19.3 Å². The number of rotatable bonds is 2. The van der Waals surface area contributed by atoms with E-state index < -0.39 is 0 Å². The molecule has 2 N–H and O–H groups in total. The number of nitrogens with zero attached hydrogens (tertiary/aromatic N) is 1. The molecule has 0 spiro atoms. The van der Waals surface area contributed by atoms with Crippen LogP contribution in [0.5, 0.6) is 0 Å². The highest BCUT2D eigenvalue weighted by molar-refractivity contribution is 5.73. The lowest BCUT2D eigenvalue weighted by molar-refractivity contribution is -0.133. The molecule has 3 nitrogen and oxygen atoms in total. The number of hydrogen-bond acceptors (Lipinski definition) is 2. The number of amides is 1. The van der Waals surface area contributed by atoms with Gasteiger partial charge in [0.2, 0.25) is 5.91 Å². The van der Waals surface area contributed by atoms with Gasteiger partial charge in [0.05, 0.1) is 0 Å². The van der Waals surface area contributed by atoms with Gasteiger partial charge in [0.15, 0.2) is 0 Å². The van der Waals surface area contributed by atoms with Crippen LogP contribution in [0.1, 0.15) is 39.0 Å². The Labute approximate surface area is 85.6 Å². The molecule has 0 aromatic carbocycles. The first kappa shape index (κ1) is 9.97. The molecule has 0 bridgehead atoms. The van der Waals surface area contributed by atoms with E-state index in [0.717, 1.165) is 19.4 Å². The highest BCUT2D eigenvalue weighted by Gasteiger charge is 2.38. The quantitative estimate of drug-likeness (QED) is 0.719. The Morgan fingerprint density at radius 1 is 1.36 bits per heavy atom. The first-order valence-electron chi connectivity index (χ1n) is 5.73. The molecule has 2 rings (SSSR count). The van der Waals surface area contributed by atoms with E-state index in [9.17, 15) is 4.79 Å². The van der Waals surface area contributed by atoms with Gasteiger partial charge in [0.1, 0.15) is 0 Å². The number of nitrogens with two attached hydrogens (primary N) is 1. The minimum atomic E-state index is 0.200. The lowest BCUT2D eigenvalue weighted by Gasteiger charge is -2.38. The SMILES string of the molecule is CC(=O)N1CCCCC1C(N)C1CC1. The first-order chi connectivity index (χ1) is 6.70. The van der Waals surface area contributed by atoms with Crippen molar-refractivity contribution >= 4 is 5.91 Å². The van der Waals surface area contributed by atoms with Crippen LogP contribution >= 0.6 is 0 Å². The molecular formula is C11H20N2O. The largest absolute Gasteiger partial charge is 0.338 e. The molecule has 0 radical (unpaired) electrons. The van der Waals surface area contributed by atoms with Crippen LogP contribution in [0.4, 0.5) is 0 Å². The third-order valence-electron chi connectivity index (χ3n) is 3.56. The van der Waals surface area contributed by atoms with Gasteiger partial charge in [-0.2, -0.15) is 0 Å². The van der Waals surface area contributed by atoms with Crippen LogP contribution in [0.15, 0.2) is 0 Å². The summed E-state index contributed by atoms with van der Waals surface area (Å²) in [6, 6.07) is 0.563. The van der Waals surface area contributed by atoms with Crippen molar-refractivity contribution in [3.63, 3.8) is 0 Å². The second-order valence-electron chi connectivity index (χ2n) is 4.69. The summed E-state index contributed by atoms with van der Waals surface area (Å²) in [5.74, 6) is 0.894. The van der Waals surface area contributed by atoms with E-state index in [1.54, 1.807) is 6.92 Å². The Morgan fingerprint density at radius 2 is 2.07 bits per heavy atom. The lowest BCUT2D eigenvalue weighted by Crippen LogP contribution is -2.53. The molecular weight excluding hydrogens is 176 g/mol. The van der Waals surface area contributed by atoms with E-state index in [0.29, 0.717) is 12.0 Å². The van der Waals surface area contributed by atoms with Gasteiger partial charge < -0.3 is 10.6 Å². The second kappa shape index (κ2) is 3.89. The molecule has 2 atom stereocenters. The molecule has 2 unspecified atom stereocenters. The normalized spacial score (nSPS) is 30.1. The Bertz CT molecular complexity index is 225. The maximum Gasteiger partial charge on any atom is 0.219 e. The van der Waals surface area contributed by atoms with Crippen molar-refractivity contribution in [3.05, 3.63) is 0 Å². The molecule has 2 fully saturated rings. The zero-order chi connectivity index (χ0) is 10.1. The standard InChI is InChI=1S/C11H20N2O/c1-8(14)13-7-3-2-4-10(13)11(12)9-5-6-9/h9-11H,2-7,12H2,1H3. The smallest absolute Gasteiger partial charge is 0.219 e. The molecule has 80 valence electrons.